The van der Waals surface area contributed by atoms with E-state index < -0.39 is 0 Å². The molecule has 2 unspecified atom stereocenters. The molecule has 0 saturated carbocycles. The van der Waals surface area contributed by atoms with Gasteiger partial charge in [0.15, 0.2) is 0 Å². The zero-order valence-electron chi connectivity index (χ0n) is 13.5. The van der Waals surface area contributed by atoms with Crippen LogP contribution in [0, 0.1) is 11.8 Å². The molecule has 0 amide bonds. The smallest absolute Gasteiger partial charge is 0.225 e. The van der Waals surface area contributed by atoms with E-state index in [4.69, 9.17) is 0 Å². The molecule has 0 aromatic carbocycles. The van der Waals surface area contributed by atoms with Gasteiger partial charge in [-0.2, -0.15) is 0 Å². The molecule has 0 bridgehead atoms. The van der Waals surface area contributed by atoms with Crippen LogP contribution in [0.15, 0.2) is 12.4 Å². The fraction of sp³-hybridized carbons (Fsp3) is 0.750. The van der Waals surface area contributed by atoms with Crippen molar-refractivity contribution < 1.29 is 0 Å². The third kappa shape index (κ3) is 4.17. The Morgan fingerprint density at radius 3 is 2.40 bits per heavy atom. The van der Waals surface area contributed by atoms with Gasteiger partial charge in [-0.25, -0.2) is 9.97 Å². The van der Waals surface area contributed by atoms with E-state index in [2.05, 4.69) is 54.8 Å². The number of nitrogens with zero attached hydrogens (tertiary/aromatic N) is 3. The maximum Gasteiger partial charge on any atom is 0.225 e. The molecular weight excluding hydrogens is 248 g/mol. The monoisotopic (exact) mass is 276 g/mol. The first kappa shape index (κ1) is 15.2. The van der Waals surface area contributed by atoms with Crippen molar-refractivity contribution in [2.75, 3.05) is 18.0 Å². The molecule has 112 valence electrons. The predicted molar refractivity (Wildman–Crippen MR) is 83.8 cm³/mol. The summed E-state index contributed by atoms with van der Waals surface area (Å²) in [5.74, 6) is 2.40. The zero-order chi connectivity index (χ0) is 14.8. The third-order valence-corrected chi connectivity index (χ3v) is 4.13. The molecule has 0 aliphatic carbocycles. The highest BCUT2D eigenvalue weighted by molar-refractivity contribution is 5.30. The highest BCUT2D eigenvalue weighted by Crippen LogP contribution is 2.24. The van der Waals surface area contributed by atoms with Gasteiger partial charge < -0.3 is 10.2 Å². The highest BCUT2D eigenvalue weighted by atomic mass is 15.3. The number of hydrogen-bond donors (Lipinski definition) is 1. The Kier molecular flexibility index (Phi) is 4.63. The molecule has 0 spiro atoms. The fourth-order valence-corrected chi connectivity index (χ4v) is 2.41. The molecule has 20 heavy (non-hydrogen) atoms. The van der Waals surface area contributed by atoms with E-state index in [-0.39, 0.29) is 5.54 Å². The van der Waals surface area contributed by atoms with E-state index in [1.54, 1.807) is 0 Å². The van der Waals surface area contributed by atoms with Gasteiger partial charge in [-0.05, 0) is 39.0 Å². The Labute approximate surface area is 123 Å². The van der Waals surface area contributed by atoms with Crippen LogP contribution in [-0.2, 0) is 6.54 Å². The van der Waals surface area contributed by atoms with Crippen LogP contribution in [0.3, 0.4) is 0 Å². The molecule has 4 nitrogen and oxygen atoms in total. The van der Waals surface area contributed by atoms with Gasteiger partial charge in [0.05, 0.1) is 0 Å². The van der Waals surface area contributed by atoms with Crippen LogP contribution in [0.5, 0.6) is 0 Å². The van der Waals surface area contributed by atoms with Crippen molar-refractivity contribution in [2.45, 2.75) is 53.1 Å². The van der Waals surface area contributed by atoms with E-state index in [0.29, 0.717) is 0 Å². The molecular formula is C16H28N4. The lowest BCUT2D eigenvalue weighted by molar-refractivity contribution is 0.321. The SMILES string of the molecule is CC1CCN(c2ncc(CNC(C)(C)C)cn2)CC1C. The number of piperidine rings is 1. The number of hydrogen-bond acceptors (Lipinski definition) is 4. The molecule has 1 saturated heterocycles. The maximum atomic E-state index is 4.54. The summed E-state index contributed by atoms with van der Waals surface area (Å²) in [5, 5.41) is 3.46. The van der Waals surface area contributed by atoms with Crippen molar-refractivity contribution in [3.05, 3.63) is 18.0 Å². The van der Waals surface area contributed by atoms with Crippen LogP contribution in [0.4, 0.5) is 5.95 Å². The number of nitrogens with one attached hydrogen (secondary N) is 1. The Morgan fingerprint density at radius 1 is 1.20 bits per heavy atom. The summed E-state index contributed by atoms with van der Waals surface area (Å²) in [6, 6.07) is 0. The summed E-state index contributed by atoms with van der Waals surface area (Å²) < 4.78 is 0. The minimum Gasteiger partial charge on any atom is -0.341 e. The molecule has 0 radical (unpaired) electrons. The molecule has 2 atom stereocenters. The molecule has 2 heterocycles. The van der Waals surface area contributed by atoms with Gasteiger partial charge in [0, 0.05) is 43.1 Å². The average molecular weight is 276 g/mol. The second-order valence-electron chi connectivity index (χ2n) is 7.18. The van der Waals surface area contributed by atoms with Crippen molar-refractivity contribution >= 4 is 5.95 Å². The molecule has 2 rings (SSSR count). The quantitative estimate of drug-likeness (QED) is 0.921. The molecule has 1 aliphatic rings. The lowest BCUT2D eigenvalue weighted by atomic mass is 9.89. The summed E-state index contributed by atoms with van der Waals surface area (Å²) in [4.78, 5) is 11.4. The van der Waals surface area contributed by atoms with E-state index in [9.17, 15) is 0 Å². The zero-order valence-corrected chi connectivity index (χ0v) is 13.5. The van der Waals surface area contributed by atoms with Crippen LogP contribution in [0.2, 0.25) is 0 Å². The first-order valence-electron chi connectivity index (χ1n) is 7.66. The molecule has 1 aliphatic heterocycles. The van der Waals surface area contributed by atoms with Crippen molar-refractivity contribution in [1.29, 1.82) is 0 Å². The summed E-state index contributed by atoms with van der Waals surface area (Å²) in [5.41, 5.74) is 1.26. The predicted octanol–water partition coefficient (Wildman–Crippen LogP) is 2.85. The average Bonchev–Trinajstić information content (AvgIpc) is 2.39. The third-order valence-electron chi connectivity index (χ3n) is 4.13. The maximum absolute atomic E-state index is 4.54. The highest BCUT2D eigenvalue weighted by Gasteiger charge is 2.24. The number of aromatic nitrogens is 2. The number of rotatable bonds is 3. The summed E-state index contributed by atoms with van der Waals surface area (Å²) in [6.45, 7) is 14.1. The second kappa shape index (κ2) is 6.08. The van der Waals surface area contributed by atoms with E-state index in [1.165, 1.54) is 6.42 Å². The normalized spacial score (nSPS) is 23.9. The Bertz CT molecular complexity index is 421. The molecule has 1 fully saturated rings. The summed E-state index contributed by atoms with van der Waals surface area (Å²) >= 11 is 0. The fourth-order valence-electron chi connectivity index (χ4n) is 2.41. The van der Waals surface area contributed by atoms with Crippen molar-refractivity contribution in [1.82, 2.24) is 15.3 Å². The lowest BCUT2D eigenvalue weighted by Crippen LogP contribution is -2.39. The van der Waals surface area contributed by atoms with Crippen LogP contribution in [0.1, 0.15) is 46.6 Å². The standard InChI is InChI=1S/C16H28N4/c1-12-6-7-20(11-13(12)2)15-17-8-14(9-18-15)10-19-16(3,4)5/h8-9,12-13,19H,6-7,10-11H2,1-5H3. The van der Waals surface area contributed by atoms with E-state index in [1.807, 2.05) is 12.4 Å². The van der Waals surface area contributed by atoms with Crippen molar-refractivity contribution in [2.24, 2.45) is 11.8 Å². The second-order valence-corrected chi connectivity index (χ2v) is 7.18. The Balaban J connectivity index is 1.94. The van der Waals surface area contributed by atoms with Gasteiger partial charge in [-0.1, -0.05) is 13.8 Å². The van der Waals surface area contributed by atoms with Crippen LogP contribution < -0.4 is 10.2 Å². The molecule has 1 N–H and O–H groups in total. The first-order valence-corrected chi connectivity index (χ1v) is 7.66. The van der Waals surface area contributed by atoms with Gasteiger partial charge in [-0.15, -0.1) is 0 Å². The van der Waals surface area contributed by atoms with Crippen LogP contribution >= 0.6 is 0 Å². The molecule has 1 aromatic heterocycles. The topological polar surface area (TPSA) is 41.1 Å². The van der Waals surface area contributed by atoms with E-state index >= 15 is 0 Å². The van der Waals surface area contributed by atoms with Crippen LogP contribution in [-0.4, -0.2) is 28.6 Å². The molecule has 4 heteroatoms. The van der Waals surface area contributed by atoms with Gasteiger partial charge in [0.25, 0.3) is 0 Å². The lowest BCUT2D eigenvalue weighted by Gasteiger charge is -2.35. The van der Waals surface area contributed by atoms with E-state index in [0.717, 1.165) is 43.0 Å². The largest absolute Gasteiger partial charge is 0.341 e. The van der Waals surface area contributed by atoms with Gasteiger partial charge in [0.1, 0.15) is 0 Å². The minimum absolute atomic E-state index is 0.122. The van der Waals surface area contributed by atoms with Crippen LogP contribution in [0.25, 0.3) is 0 Å². The summed E-state index contributed by atoms with van der Waals surface area (Å²) in [7, 11) is 0. The Hall–Kier alpha value is -1.16. The Morgan fingerprint density at radius 2 is 1.85 bits per heavy atom. The summed E-state index contributed by atoms with van der Waals surface area (Å²) in [6.07, 6.45) is 5.13. The minimum atomic E-state index is 0.122. The van der Waals surface area contributed by atoms with Gasteiger partial charge in [-0.3, -0.25) is 0 Å². The van der Waals surface area contributed by atoms with Crippen molar-refractivity contribution in [3.63, 3.8) is 0 Å². The van der Waals surface area contributed by atoms with Gasteiger partial charge >= 0.3 is 0 Å². The first-order chi connectivity index (χ1) is 9.35. The van der Waals surface area contributed by atoms with Gasteiger partial charge in [0.2, 0.25) is 5.95 Å². The number of anilines is 1. The molecule has 1 aromatic rings. The van der Waals surface area contributed by atoms with Crippen molar-refractivity contribution in [3.8, 4) is 0 Å².